The molecule has 1 aliphatic heterocycles. The summed E-state index contributed by atoms with van der Waals surface area (Å²) >= 11 is 2.05. The van der Waals surface area contributed by atoms with Crippen molar-refractivity contribution in [2.24, 2.45) is 33.9 Å². The van der Waals surface area contributed by atoms with Gasteiger partial charge >= 0.3 is 0 Å². The van der Waals surface area contributed by atoms with Crippen LogP contribution in [0.2, 0.25) is 0 Å². The van der Waals surface area contributed by atoms with Crippen molar-refractivity contribution in [2.75, 3.05) is 31.0 Å². The number of carbonyl (C=O) groups excluding carboxylic acids is 4. The molecule has 300 valence electrons. The number of imide groups is 1. The van der Waals surface area contributed by atoms with E-state index < -0.39 is 35.0 Å². The quantitative estimate of drug-likeness (QED) is 0.0711. The molecule has 1 N–H and O–H groups in total. The number of allylic oxidation sites excluding steroid dienone is 4. The highest BCUT2D eigenvalue weighted by molar-refractivity contribution is 14.1. The number of aromatic hydroxyl groups is 1. The molecule has 2 fully saturated rings. The second-order valence-corrected chi connectivity index (χ2v) is 17.1. The maximum Gasteiger partial charge on any atom is 0.238 e. The van der Waals surface area contributed by atoms with Crippen molar-refractivity contribution < 1.29 is 29.0 Å². The van der Waals surface area contributed by atoms with Crippen molar-refractivity contribution >= 4 is 74.3 Å². The number of halogens is 1. The molecular formula is C49H41IN4O6. The van der Waals surface area contributed by atoms with Gasteiger partial charge in [0, 0.05) is 37.2 Å². The highest BCUT2D eigenvalue weighted by Gasteiger charge is 2.66. The summed E-state index contributed by atoms with van der Waals surface area (Å²) in [4.78, 5) is 63.1. The second kappa shape index (κ2) is 15.4. The fourth-order valence-corrected chi connectivity index (χ4v) is 10.6. The first kappa shape index (κ1) is 39.3. The second-order valence-electron chi connectivity index (χ2n) is 16.0. The van der Waals surface area contributed by atoms with Gasteiger partial charge in [-0.3, -0.25) is 24.1 Å². The highest BCUT2D eigenvalue weighted by Crippen LogP contribution is 2.64. The Balaban J connectivity index is 1.14. The molecule has 0 radical (unpaired) electrons. The number of benzene rings is 5. The Bertz CT molecular complexity index is 2640. The molecule has 1 saturated carbocycles. The summed E-state index contributed by atoms with van der Waals surface area (Å²) in [7, 11) is 5.41. The molecule has 1 saturated heterocycles. The Morgan fingerprint density at radius 1 is 0.800 bits per heavy atom. The van der Waals surface area contributed by atoms with Gasteiger partial charge in [0.1, 0.15) is 0 Å². The molecule has 5 aromatic carbocycles. The minimum Gasteiger partial charge on any atom is -0.504 e. The lowest BCUT2D eigenvalue weighted by atomic mass is 9.44. The summed E-state index contributed by atoms with van der Waals surface area (Å²) in [5.74, 6) is -4.47. The molecule has 2 amide bonds. The van der Waals surface area contributed by atoms with Crippen molar-refractivity contribution in [1.82, 2.24) is 0 Å². The molecule has 10 nitrogen and oxygen atoms in total. The van der Waals surface area contributed by atoms with Gasteiger partial charge in [-0.15, -0.1) is 0 Å². The van der Waals surface area contributed by atoms with Gasteiger partial charge in [-0.1, -0.05) is 72.3 Å². The number of fused-ring (bicyclic) bond motifs is 4. The largest absolute Gasteiger partial charge is 0.504 e. The predicted octanol–water partition coefficient (Wildman–Crippen LogP) is 9.52. The zero-order valence-electron chi connectivity index (χ0n) is 33.2. The third-order valence-electron chi connectivity index (χ3n) is 12.7. The van der Waals surface area contributed by atoms with Crippen molar-refractivity contribution in [2.45, 2.75) is 24.2 Å². The normalized spacial score (nSPS) is 24.7. The van der Waals surface area contributed by atoms with Crippen LogP contribution >= 0.6 is 22.6 Å². The molecule has 0 spiro atoms. The van der Waals surface area contributed by atoms with Crippen LogP contribution < -0.4 is 14.5 Å². The van der Waals surface area contributed by atoms with E-state index in [0.29, 0.717) is 42.9 Å². The first-order chi connectivity index (χ1) is 29.0. The number of anilines is 2. The number of azo groups is 1. The van der Waals surface area contributed by atoms with Gasteiger partial charge in [-0.2, -0.15) is 10.2 Å². The van der Waals surface area contributed by atoms with E-state index in [1.807, 2.05) is 116 Å². The molecule has 6 atom stereocenters. The van der Waals surface area contributed by atoms with Gasteiger partial charge in [0.15, 0.2) is 23.1 Å². The molecule has 60 heavy (non-hydrogen) atoms. The summed E-state index contributed by atoms with van der Waals surface area (Å²) < 4.78 is 6.17. The van der Waals surface area contributed by atoms with Crippen molar-refractivity contribution in [3.63, 3.8) is 0 Å². The molecule has 5 aromatic rings. The van der Waals surface area contributed by atoms with E-state index in [0.717, 1.165) is 11.3 Å². The van der Waals surface area contributed by atoms with Crippen LogP contribution in [0.4, 0.5) is 22.7 Å². The zero-order valence-corrected chi connectivity index (χ0v) is 35.3. The van der Waals surface area contributed by atoms with Crippen LogP contribution in [0.1, 0.15) is 35.4 Å². The van der Waals surface area contributed by atoms with Crippen LogP contribution in [-0.4, -0.2) is 49.7 Å². The van der Waals surface area contributed by atoms with E-state index in [-0.39, 0.29) is 47.7 Å². The number of ether oxygens (including phenoxy) is 1. The molecule has 0 bridgehead atoms. The van der Waals surface area contributed by atoms with Gasteiger partial charge in [-0.25, -0.2) is 0 Å². The third-order valence-corrected chi connectivity index (χ3v) is 13.6. The van der Waals surface area contributed by atoms with Crippen LogP contribution in [0.15, 0.2) is 149 Å². The standard InChI is InChI=1S/C49H41IN4O6/c1-53(2)33-18-14-31(15-19-33)51-52-32-16-20-34(21-17-32)54-47(58)36-23-22-35-38(43(36)48(54)59)26-39-45(56)37(28-10-6-4-7-11-28)27-42(55)49(39,30-12-8-5-9-13-30)44(35)29-24-40(50)46(57)41(25-29)60-3/h4-22,24-25,27,36,38-39,43-44,57H,23,26H2,1-3H3/t36-,38+,39-,43-,44-,49-/m0/s1. The van der Waals surface area contributed by atoms with E-state index in [1.54, 1.807) is 30.3 Å². The average molecular weight is 909 g/mol. The molecular weight excluding hydrogens is 867 g/mol. The van der Waals surface area contributed by atoms with E-state index in [4.69, 9.17) is 4.74 Å². The molecule has 0 aromatic heterocycles. The molecule has 3 aliphatic carbocycles. The summed E-state index contributed by atoms with van der Waals surface area (Å²) in [5, 5.41) is 19.7. The summed E-state index contributed by atoms with van der Waals surface area (Å²) in [6, 6.07) is 36.7. The van der Waals surface area contributed by atoms with Gasteiger partial charge in [-0.05, 0) is 125 Å². The fourth-order valence-electron chi connectivity index (χ4n) is 10.0. The number of rotatable bonds is 8. The van der Waals surface area contributed by atoms with Gasteiger partial charge in [0.05, 0.1) is 45.0 Å². The first-order valence-electron chi connectivity index (χ1n) is 19.9. The Labute approximate surface area is 361 Å². The molecule has 1 heterocycles. The van der Waals surface area contributed by atoms with Crippen LogP contribution in [0.5, 0.6) is 11.5 Å². The predicted molar refractivity (Wildman–Crippen MR) is 238 cm³/mol. The lowest BCUT2D eigenvalue weighted by Gasteiger charge is -2.55. The van der Waals surface area contributed by atoms with Crippen molar-refractivity contribution in [3.8, 4) is 11.5 Å². The Kier molecular flexibility index (Phi) is 10.1. The molecule has 9 rings (SSSR count). The number of hydrogen-bond donors (Lipinski definition) is 1. The average Bonchev–Trinajstić information content (AvgIpc) is 3.53. The first-order valence-corrected chi connectivity index (χ1v) is 21.0. The fraction of sp³-hybridized carbons (Fsp3) is 0.224. The maximum absolute atomic E-state index is 15.3. The monoisotopic (exact) mass is 908 g/mol. The smallest absolute Gasteiger partial charge is 0.238 e. The lowest BCUT2D eigenvalue weighted by Crippen LogP contribution is -2.58. The van der Waals surface area contributed by atoms with Gasteiger partial charge < -0.3 is 14.7 Å². The summed E-state index contributed by atoms with van der Waals surface area (Å²) in [6.45, 7) is 0. The Morgan fingerprint density at radius 3 is 2.07 bits per heavy atom. The van der Waals surface area contributed by atoms with Gasteiger partial charge in [0.25, 0.3) is 0 Å². The Morgan fingerprint density at radius 2 is 1.43 bits per heavy atom. The van der Waals surface area contributed by atoms with E-state index in [9.17, 15) is 14.7 Å². The molecule has 4 aliphatic rings. The van der Waals surface area contributed by atoms with Crippen LogP contribution in [0.3, 0.4) is 0 Å². The number of nitrogens with zero attached hydrogens (tertiary/aromatic N) is 4. The topological polar surface area (TPSA) is 129 Å². The lowest BCUT2D eigenvalue weighted by molar-refractivity contribution is -0.135. The number of Topliss-reactive ketones (excluding diaryl/α,β-unsaturated/α-hetero) is 1. The number of carbonyl (C=O) groups is 4. The van der Waals surface area contributed by atoms with Crippen molar-refractivity contribution in [3.05, 3.63) is 159 Å². The van der Waals surface area contributed by atoms with Crippen molar-refractivity contribution in [1.29, 1.82) is 0 Å². The molecule has 11 heteroatoms. The Hall–Kier alpha value is -6.21. The number of hydrogen-bond acceptors (Lipinski definition) is 9. The number of ketones is 2. The highest BCUT2D eigenvalue weighted by atomic mass is 127. The number of phenols is 1. The zero-order chi connectivity index (χ0) is 41.9. The summed E-state index contributed by atoms with van der Waals surface area (Å²) in [5.41, 5.74) is 4.47. The van der Waals surface area contributed by atoms with Crippen LogP contribution in [-0.2, 0) is 24.6 Å². The van der Waals surface area contributed by atoms with E-state index >= 15 is 9.59 Å². The van der Waals surface area contributed by atoms with Gasteiger partial charge in [0.2, 0.25) is 11.8 Å². The maximum atomic E-state index is 15.3. The van der Waals surface area contributed by atoms with E-state index in [2.05, 4.69) is 32.8 Å². The van der Waals surface area contributed by atoms with E-state index in [1.165, 1.54) is 18.1 Å². The number of phenolic OH excluding ortho intramolecular Hbond substituents is 1. The third kappa shape index (κ3) is 6.29. The minimum absolute atomic E-state index is 0.0344. The number of amides is 2. The van der Waals surface area contributed by atoms with Crippen LogP contribution in [0, 0.1) is 27.2 Å². The molecule has 0 unspecified atom stereocenters. The minimum atomic E-state index is -1.40. The summed E-state index contributed by atoms with van der Waals surface area (Å²) in [6.07, 6.45) is 3.99. The number of methoxy groups -OCH3 is 1. The SMILES string of the molecule is COc1cc([C@H]2C3=CC[C@@H]4C(=O)N(c5ccc(N=Nc6ccc(N(C)C)cc6)cc5)C(=O)[C@@H]4[C@@H]3C[C@H]3C(=O)C(c4ccccc4)=CC(=O)[C@@]23c2ccccc2)cc(I)c1O. The van der Waals surface area contributed by atoms with Crippen LogP contribution in [0.25, 0.3) is 5.57 Å².